The third-order valence-electron chi connectivity index (χ3n) is 2.91. The maximum atomic E-state index is 11.4. The van der Waals surface area contributed by atoms with Crippen molar-refractivity contribution in [2.75, 3.05) is 13.2 Å². The molecule has 0 aromatic rings. The molecule has 8 heteroatoms. The second kappa shape index (κ2) is 6.02. The van der Waals surface area contributed by atoms with Crippen molar-refractivity contribution in [3.63, 3.8) is 0 Å². The molecule has 2 fully saturated rings. The number of fused-ring (bicyclic) bond motifs is 1. The van der Waals surface area contributed by atoms with Crippen LogP contribution in [-0.4, -0.2) is 60.6 Å². The molecule has 0 aliphatic carbocycles. The average Bonchev–Trinajstić information content (AvgIpc) is 2.91. The van der Waals surface area contributed by atoms with Gasteiger partial charge in [-0.15, -0.1) is 0 Å². The second-order valence-corrected chi connectivity index (χ2v) is 4.39. The van der Waals surface area contributed by atoms with Gasteiger partial charge in [0.15, 0.2) is 12.2 Å². The Morgan fingerprint density at radius 3 is 2.10 bits per heavy atom. The first-order valence-corrected chi connectivity index (χ1v) is 5.99. The van der Waals surface area contributed by atoms with Crippen molar-refractivity contribution in [3.8, 4) is 0 Å². The highest BCUT2D eigenvalue weighted by atomic mass is 16.7. The Morgan fingerprint density at radius 2 is 1.60 bits per heavy atom. The fourth-order valence-electron chi connectivity index (χ4n) is 2.17. The molecule has 1 N–H and O–H groups in total. The highest BCUT2D eigenvalue weighted by molar-refractivity contribution is 5.90. The normalized spacial score (nSPS) is 32.0. The Bertz CT molecular complexity index is 443. The molecule has 4 atom stereocenters. The lowest BCUT2D eigenvalue weighted by Crippen LogP contribution is -2.35. The molecule has 0 aromatic carbocycles. The Labute approximate surface area is 114 Å². The summed E-state index contributed by atoms with van der Waals surface area (Å²) in [4.78, 5) is 32.6. The topological polar surface area (TPSA) is 108 Å². The molecule has 2 heterocycles. The third kappa shape index (κ3) is 3.34. The molecule has 0 aromatic heterocycles. The number of aliphatic carboxylic acids is 1. The molecule has 2 rings (SSSR count). The molecule has 0 saturated carbocycles. The van der Waals surface area contributed by atoms with Gasteiger partial charge in [-0.05, 0) is 0 Å². The predicted molar refractivity (Wildman–Crippen MR) is 61.7 cm³/mol. The first kappa shape index (κ1) is 14.5. The molecule has 0 radical (unpaired) electrons. The summed E-state index contributed by atoms with van der Waals surface area (Å²) in [5, 5.41) is 8.40. The van der Waals surface area contributed by atoms with Gasteiger partial charge in [-0.1, -0.05) is 0 Å². The standard InChI is InChI=1S/C12H14O8/c1-6(13)19-7-4-17-12-8(5-18-11(7)12)20-10(16)3-2-9(14)15/h2-3,7-8,11-12H,4-5H2,1H3,(H,14,15). The minimum atomic E-state index is -1.24. The van der Waals surface area contributed by atoms with E-state index in [-0.39, 0.29) is 13.2 Å². The van der Waals surface area contributed by atoms with Gasteiger partial charge < -0.3 is 24.1 Å². The van der Waals surface area contributed by atoms with Crippen molar-refractivity contribution in [2.45, 2.75) is 31.3 Å². The quantitative estimate of drug-likeness (QED) is 0.532. The summed E-state index contributed by atoms with van der Waals surface area (Å²) in [5.74, 6) is -2.47. The molecule has 0 bridgehead atoms. The van der Waals surface area contributed by atoms with Crippen LogP contribution in [0.2, 0.25) is 0 Å². The van der Waals surface area contributed by atoms with Crippen LogP contribution in [0.15, 0.2) is 12.2 Å². The van der Waals surface area contributed by atoms with Crippen LogP contribution >= 0.6 is 0 Å². The number of ether oxygens (including phenoxy) is 4. The van der Waals surface area contributed by atoms with Crippen LogP contribution < -0.4 is 0 Å². The number of carboxylic acids is 1. The smallest absolute Gasteiger partial charge is 0.331 e. The maximum Gasteiger partial charge on any atom is 0.331 e. The van der Waals surface area contributed by atoms with Gasteiger partial charge in [0.1, 0.15) is 12.2 Å². The van der Waals surface area contributed by atoms with Crippen LogP contribution in [0.4, 0.5) is 0 Å². The molecule has 2 aliphatic heterocycles. The van der Waals surface area contributed by atoms with E-state index in [1.807, 2.05) is 0 Å². The summed E-state index contributed by atoms with van der Waals surface area (Å²) in [6.07, 6.45) is -0.648. The van der Waals surface area contributed by atoms with Crippen molar-refractivity contribution < 1.29 is 38.4 Å². The summed E-state index contributed by atoms with van der Waals surface area (Å²) in [6, 6.07) is 0. The number of esters is 2. The van der Waals surface area contributed by atoms with Gasteiger partial charge in [0, 0.05) is 19.1 Å². The fraction of sp³-hybridized carbons (Fsp3) is 0.583. The van der Waals surface area contributed by atoms with E-state index in [2.05, 4.69) is 0 Å². The van der Waals surface area contributed by atoms with Crippen molar-refractivity contribution in [1.29, 1.82) is 0 Å². The number of rotatable bonds is 4. The van der Waals surface area contributed by atoms with Crippen molar-refractivity contribution in [1.82, 2.24) is 0 Å². The van der Waals surface area contributed by atoms with E-state index in [0.717, 1.165) is 6.08 Å². The third-order valence-corrected chi connectivity index (χ3v) is 2.91. The van der Waals surface area contributed by atoms with Crippen LogP contribution in [0.25, 0.3) is 0 Å². The molecule has 0 amide bonds. The molecular formula is C12H14O8. The van der Waals surface area contributed by atoms with Crippen LogP contribution in [0.5, 0.6) is 0 Å². The maximum absolute atomic E-state index is 11.4. The van der Waals surface area contributed by atoms with E-state index in [0.29, 0.717) is 6.08 Å². The number of carbonyl (C=O) groups is 3. The first-order chi connectivity index (χ1) is 9.47. The molecule has 2 saturated heterocycles. The zero-order valence-electron chi connectivity index (χ0n) is 10.7. The van der Waals surface area contributed by atoms with Gasteiger partial charge in [-0.25, -0.2) is 9.59 Å². The largest absolute Gasteiger partial charge is 0.478 e. The SMILES string of the molecule is CC(=O)OC1COC2C(OC(=O)C=CC(=O)O)COC12. The number of carbonyl (C=O) groups excluding carboxylic acids is 2. The van der Waals surface area contributed by atoms with Crippen molar-refractivity contribution >= 4 is 17.9 Å². The lowest BCUT2D eigenvalue weighted by molar-refractivity contribution is -0.151. The van der Waals surface area contributed by atoms with Crippen LogP contribution in [0.3, 0.4) is 0 Å². The Kier molecular flexibility index (Phi) is 4.35. The van der Waals surface area contributed by atoms with Gasteiger partial charge in [-0.2, -0.15) is 0 Å². The van der Waals surface area contributed by atoms with Crippen LogP contribution in [0.1, 0.15) is 6.92 Å². The van der Waals surface area contributed by atoms with Crippen LogP contribution in [-0.2, 0) is 33.3 Å². The molecule has 4 unspecified atom stereocenters. The number of hydrogen-bond acceptors (Lipinski definition) is 7. The summed E-state index contributed by atoms with van der Waals surface area (Å²) in [5.41, 5.74) is 0. The average molecular weight is 286 g/mol. The van der Waals surface area contributed by atoms with E-state index in [4.69, 9.17) is 24.1 Å². The number of carboxylic acid groups (broad SMARTS) is 1. The fourth-order valence-corrected chi connectivity index (χ4v) is 2.17. The van der Waals surface area contributed by atoms with E-state index in [9.17, 15) is 14.4 Å². The monoisotopic (exact) mass is 286 g/mol. The molecular weight excluding hydrogens is 272 g/mol. The highest BCUT2D eigenvalue weighted by Gasteiger charge is 2.50. The van der Waals surface area contributed by atoms with Crippen molar-refractivity contribution in [3.05, 3.63) is 12.2 Å². The van der Waals surface area contributed by atoms with E-state index < -0.39 is 42.3 Å². The van der Waals surface area contributed by atoms with E-state index in [1.165, 1.54) is 6.92 Å². The van der Waals surface area contributed by atoms with E-state index >= 15 is 0 Å². The zero-order chi connectivity index (χ0) is 14.7. The Hall–Kier alpha value is -1.93. The first-order valence-electron chi connectivity index (χ1n) is 5.99. The zero-order valence-corrected chi connectivity index (χ0v) is 10.7. The summed E-state index contributed by atoms with van der Waals surface area (Å²) in [7, 11) is 0. The van der Waals surface area contributed by atoms with Gasteiger partial charge in [0.2, 0.25) is 0 Å². The molecule has 0 spiro atoms. The minimum Gasteiger partial charge on any atom is -0.478 e. The van der Waals surface area contributed by atoms with Crippen LogP contribution in [0, 0.1) is 0 Å². The van der Waals surface area contributed by atoms with Gasteiger partial charge in [0.25, 0.3) is 0 Å². The lowest BCUT2D eigenvalue weighted by atomic mass is 10.1. The summed E-state index contributed by atoms with van der Waals surface area (Å²) < 4.78 is 20.9. The second-order valence-electron chi connectivity index (χ2n) is 4.39. The molecule has 20 heavy (non-hydrogen) atoms. The summed E-state index contributed by atoms with van der Waals surface area (Å²) >= 11 is 0. The van der Waals surface area contributed by atoms with Gasteiger partial charge >= 0.3 is 17.9 Å². The lowest BCUT2D eigenvalue weighted by Gasteiger charge is -2.16. The van der Waals surface area contributed by atoms with Gasteiger partial charge in [-0.3, -0.25) is 4.79 Å². The summed E-state index contributed by atoms with van der Waals surface area (Å²) in [6.45, 7) is 1.57. The number of hydrogen-bond donors (Lipinski definition) is 1. The Balaban J connectivity index is 1.89. The minimum absolute atomic E-state index is 0.111. The molecule has 8 nitrogen and oxygen atoms in total. The Morgan fingerprint density at radius 1 is 1.05 bits per heavy atom. The highest BCUT2D eigenvalue weighted by Crippen LogP contribution is 2.30. The van der Waals surface area contributed by atoms with Crippen molar-refractivity contribution in [2.24, 2.45) is 0 Å². The molecule has 110 valence electrons. The van der Waals surface area contributed by atoms with Gasteiger partial charge in [0.05, 0.1) is 13.2 Å². The predicted octanol–water partition coefficient (Wildman–Crippen LogP) is -0.732. The van der Waals surface area contributed by atoms with E-state index in [1.54, 1.807) is 0 Å². The molecule has 2 aliphatic rings.